The van der Waals surface area contributed by atoms with Gasteiger partial charge in [0, 0.05) is 6.61 Å². The third-order valence-electron chi connectivity index (χ3n) is 4.10. The molecule has 2 N–H and O–H groups in total. The Morgan fingerprint density at radius 3 is 2.96 bits per heavy atom. The van der Waals surface area contributed by atoms with E-state index in [1.165, 1.54) is 6.20 Å². The van der Waals surface area contributed by atoms with E-state index in [-0.39, 0.29) is 18.6 Å². The smallest absolute Gasteiger partial charge is 0.241 e. The van der Waals surface area contributed by atoms with Gasteiger partial charge in [-0.1, -0.05) is 19.8 Å². The fourth-order valence-corrected chi connectivity index (χ4v) is 2.93. The molecule has 0 saturated carbocycles. The van der Waals surface area contributed by atoms with E-state index >= 15 is 0 Å². The average molecular weight is 332 g/mol. The van der Waals surface area contributed by atoms with Crippen LogP contribution < -0.4 is 5.32 Å². The summed E-state index contributed by atoms with van der Waals surface area (Å²) in [5.41, 5.74) is 1.38. The number of halogens is 1. The zero-order valence-electron chi connectivity index (χ0n) is 14.0. The molecule has 2 aromatic heterocycles. The van der Waals surface area contributed by atoms with Crippen LogP contribution in [0.25, 0.3) is 5.52 Å². The normalized spacial score (nSPS) is 20.9. The molecule has 1 saturated heterocycles. The first-order chi connectivity index (χ1) is 11.5. The molecule has 0 amide bonds. The highest BCUT2D eigenvalue weighted by molar-refractivity contribution is 5.59. The summed E-state index contributed by atoms with van der Waals surface area (Å²) in [7, 11) is 0. The van der Waals surface area contributed by atoms with Gasteiger partial charge in [-0.05, 0) is 19.3 Å². The molecule has 3 heterocycles. The molecule has 0 radical (unpaired) electrons. The maximum absolute atomic E-state index is 14.6. The van der Waals surface area contributed by atoms with Crippen LogP contribution >= 0.6 is 0 Å². The van der Waals surface area contributed by atoms with E-state index in [0.29, 0.717) is 30.1 Å². The first-order valence-electron chi connectivity index (χ1n) is 8.05. The van der Waals surface area contributed by atoms with Gasteiger partial charge in [0.05, 0.1) is 36.2 Å². The van der Waals surface area contributed by atoms with Crippen LogP contribution in [0.3, 0.4) is 0 Å². The molecular weight excluding hydrogens is 311 g/mol. The van der Waals surface area contributed by atoms with Crippen LogP contribution in [0.15, 0.2) is 6.20 Å². The van der Waals surface area contributed by atoms with E-state index in [9.17, 15) is 9.50 Å². The molecule has 0 unspecified atom stereocenters. The average Bonchev–Trinajstić information content (AvgIpc) is 2.82. The molecular formula is C17H21FN4O2. The Labute approximate surface area is 140 Å². The second-order valence-corrected chi connectivity index (χ2v) is 6.16. The molecule has 7 heteroatoms. The summed E-state index contributed by atoms with van der Waals surface area (Å²) in [4.78, 5) is 4.19. The Hall–Kier alpha value is -2.17. The van der Waals surface area contributed by atoms with Crippen LogP contribution in [0.1, 0.15) is 44.4 Å². The lowest BCUT2D eigenvalue weighted by molar-refractivity contribution is -0.0136. The predicted octanol–water partition coefficient (Wildman–Crippen LogP) is 1.92. The Morgan fingerprint density at radius 2 is 2.29 bits per heavy atom. The number of nitrogens with zero attached hydrogens (tertiary/aromatic N) is 3. The SMILES string of the molecule is CC#Cc1c(F)c2cnc(N[C@@H]3CCOC[C@H]3O)nn2c1C(C)C. The van der Waals surface area contributed by atoms with Crippen molar-refractivity contribution in [2.75, 3.05) is 18.5 Å². The molecule has 0 spiro atoms. The number of anilines is 1. The van der Waals surface area contributed by atoms with Crippen molar-refractivity contribution in [2.24, 2.45) is 0 Å². The summed E-state index contributed by atoms with van der Waals surface area (Å²) >= 11 is 0. The van der Waals surface area contributed by atoms with Crippen molar-refractivity contribution in [3.05, 3.63) is 23.3 Å². The largest absolute Gasteiger partial charge is 0.389 e. The highest BCUT2D eigenvalue weighted by Gasteiger charge is 2.25. The number of nitrogens with one attached hydrogen (secondary N) is 1. The van der Waals surface area contributed by atoms with Gasteiger partial charge < -0.3 is 15.2 Å². The summed E-state index contributed by atoms with van der Waals surface area (Å²) in [6.07, 6.45) is 1.49. The standard InChI is InChI=1S/C17H21FN4O2/c1-4-5-11-15(18)13-8-19-17(21-22(13)16(11)10(2)3)20-12-6-7-24-9-14(12)23/h8,10,12,14,23H,6-7,9H2,1-3H3,(H,20,21)/t12-,14-/m1/s1. The molecule has 1 aliphatic rings. The van der Waals surface area contributed by atoms with Crippen LogP contribution in [-0.2, 0) is 4.74 Å². The molecule has 24 heavy (non-hydrogen) atoms. The molecule has 2 atom stereocenters. The van der Waals surface area contributed by atoms with Crippen molar-refractivity contribution in [1.29, 1.82) is 0 Å². The van der Waals surface area contributed by atoms with Crippen molar-refractivity contribution >= 4 is 11.5 Å². The molecule has 1 aliphatic heterocycles. The molecule has 1 fully saturated rings. The van der Waals surface area contributed by atoms with Gasteiger partial charge in [-0.15, -0.1) is 11.0 Å². The fraction of sp³-hybridized carbons (Fsp3) is 0.529. The highest BCUT2D eigenvalue weighted by Crippen LogP contribution is 2.27. The van der Waals surface area contributed by atoms with Crippen LogP contribution in [-0.4, -0.2) is 45.1 Å². The summed E-state index contributed by atoms with van der Waals surface area (Å²) in [6, 6.07) is -0.186. The predicted molar refractivity (Wildman–Crippen MR) is 88.4 cm³/mol. The van der Waals surface area contributed by atoms with Gasteiger partial charge in [0.1, 0.15) is 5.52 Å². The van der Waals surface area contributed by atoms with Gasteiger partial charge in [-0.25, -0.2) is 13.9 Å². The van der Waals surface area contributed by atoms with Crippen molar-refractivity contribution < 1.29 is 14.2 Å². The minimum Gasteiger partial charge on any atom is -0.389 e. The molecule has 0 aliphatic carbocycles. The lowest BCUT2D eigenvalue weighted by Gasteiger charge is -2.28. The van der Waals surface area contributed by atoms with E-state index in [0.717, 1.165) is 5.69 Å². The number of rotatable bonds is 3. The van der Waals surface area contributed by atoms with E-state index in [1.807, 2.05) is 13.8 Å². The van der Waals surface area contributed by atoms with Crippen LogP contribution in [0.2, 0.25) is 0 Å². The summed E-state index contributed by atoms with van der Waals surface area (Å²) < 4.78 is 21.4. The summed E-state index contributed by atoms with van der Waals surface area (Å²) in [5, 5.41) is 17.5. The quantitative estimate of drug-likeness (QED) is 0.841. The van der Waals surface area contributed by atoms with Crippen molar-refractivity contribution in [1.82, 2.24) is 14.6 Å². The first kappa shape index (κ1) is 16.7. The lowest BCUT2D eigenvalue weighted by atomic mass is 10.1. The topological polar surface area (TPSA) is 71.7 Å². The van der Waals surface area contributed by atoms with Gasteiger partial charge in [-0.3, -0.25) is 0 Å². The van der Waals surface area contributed by atoms with Crippen LogP contribution in [0.5, 0.6) is 0 Å². The number of hydrogen-bond donors (Lipinski definition) is 2. The van der Waals surface area contributed by atoms with Gasteiger partial charge >= 0.3 is 0 Å². The van der Waals surface area contributed by atoms with Gasteiger partial charge in [-0.2, -0.15) is 0 Å². The fourth-order valence-electron chi connectivity index (χ4n) is 2.93. The third-order valence-corrected chi connectivity index (χ3v) is 4.10. The van der Waals surface area contributed by atoms with Crippen molar-refractivity contribution in [3.8, 4) is 11.8 Å². The van der Waals surface area contributed by atoms with Gasteiger partial charge in [0.25, 0.3) is 0 Å². The maximum Gasteiger partial charge on any atom is 0.241 e. The number of aromatic nitrogens is 3. The second kappa shape index (κ2) is 6.75. The molecule has 3 rings (SSSR count). The molecule has 6 nitrogen and oxygen atoms in total. The van der Waals surface area contributed by atoms with Crippen LogP contribution in [0, 0.1) is 17.7 Å². The summed E-state index contributed by atoms with van der Waals surface area (Å²) in [6.45, 7) is 6.48. The Balaban J connectivity index is 2.03. The minimum absolute atomic E-state index is 0.0503. The molecule has 2 aromatic rings. The number of hydrogen-bond acceptors (Lipinski definition) is 5. The number of aliphatic hydroxyl groups excluding tert-OH is 1. The number of aliphatic hydroxyl groups is 1. The summed E-state index contributed by atoms with van der Waals surface area (Å²) in [5.74, 6) is 5.59. The Kier molecular flexibility index (Phi) is 4.69. The minimum atomic E-state index is -0.620. The number of fused-ring (bicyclic) bond motifs is 1. The Bertz CT molecular complexity index is 806. The van der Waals surface area contributed by atoms with E-state index in [1.54, 1.807) is 11.4 Å². The zero-order chi connectivity index (χ0) is 17.3. The van der Waals surface area contributed by atoms with E-state index in [4.69, 9.17) is 4.74 Å². The highest BCUT2D eigenvalue weighted by atomic mass is 19.1. The van der Waals surface area contributed by atoms with Gasteiger partial charge in [0.15, 0.2) is 5.82 Å². The molecule has 0 bridgehead atoms. The molecule has 0 aromatic carbocycles. The number of ether oxygens (including phenoxy) is 1. The van der Waals surface area contributed by atoms with E-state index < -0.39 is 11.9 Å². The first-order valence-corrected chi connectivity index (χ1v) is 8.05. The van der Waals surface area contributed by atoms with Crippen LogP contribution in [0.4, 0.5) is 10.3 Å². The Morgan fingerprint density at radius 1 is 1.50 bits per heavy atom. The van der Waals surface area contributed by atoms with E-state index in [2.05, 4.69) is 27.2 Å². The van der Waals surface area contributed by atoms with Gasteiger partial charge in [0.2, 0.25) is 5.95 Å². The van der Waals surface area contributed by atoms with Crippen molar-refractivity contribution in [2.45, 2.75) is 45.3 Å². The second-order valence-electron chi connectivity index (χ2n) is 6.16. The third kappa shape index (κ3) is 2.95. The zero-order valence-corrected chi connectivity index (χ0v) is 14.0. The monoisotopic (exact) mass is 332 g/mol. The maximum atomic E-state index is 14.6. The van der Waals surface area contributed by atoms with Crippen molar-refractivity contribution in [3.63, 3.8) is 0 Å². The molecule has 128 valence electrons. The lowest BCUT2D eigenvalue weighted by Crippen LogP contribution is -2.42.